The molecule has 1 saturated heterocycles. The van der Waals surface area contributed by atoms with Gasteiger partial charge in [0.15, 0.2) is 0 Å². The van der Waals surface area contributed by atoms with Gasteiger partial charge in [-0.25, -0.2) is 0 Å². The number of pyridine rings is 1. The Balaban J connectivity index is 1.57. The summed E-state index contributed by atoms with van der Waals surface area (Å²) in [4.78, 5) is 4.69. The molecule has 0 amide bonds. The number of aliphatic hydroxyl groups is 1. The van der Waals surface area contributed by atoms with Crippen molar-refractivity contribution in [2.45, 2.75) is 32.4 Å². The molecule has 5 nitrogen and oxygen atoms in total. The molecule has 2 aromatic heterocycles. The Bertz CT molecular complexity index is 738. The van der Waals surface area contributed by atoms with Crippen LogP contribution in [0.4, 0.5) is 0 Å². The summed E-state index contributed by atoms with van der Waals surface area (Å²) in [5.74, 6) is 0.692. The lowest BCUT2D eigenvalue weighted by molar-refractivity contribution is 0.0919. The molecule has 0 aromatic carbocycles. The van der Waals surface area contributed by atoms with Crippen LogP contribution in [0.2, 0.25) is 0 Å². The molecule has 25 heavy (non-hydrogen) atoms. The largest absolute Gasteiger partial charge is 0.392 e. The molecule has 0 saturated carbocycles. The summed E-state index contributed by atoms with van der Waals surface area (Å²) in [6, 6.07) is 8.34. The van der Waals surface area contributed by atoms with E-state index >= 15 is 0 Å². The zero-order chi connectivity index (χ0) is 17.8. The van der Waals surface area contributed by atoms with Gasteiger partial charge in [-0.1, -0.05) is 6.07 Å². The SMILES string of the molecule is C[C@H](O)CN1CCC(CN(C)Cc2cn3ccccc3c2C#N)CC1. The fourth-order valence-corrected chi connectivity index (χ4v) is 3.95. The number of piperidine rings is 1. The smallest absolute Gasteiger partial charge is 0.102 e. The van der Waals surface area contributed by atoms with Crippen molar-refractivity contribution in [1.29, 1.82) is 5.26 Å². The number of hydrogen-bond acceptors (Lipinski definition) is 4. The maximum absolute atomic E-state index is 9.53. The van der Waals surface area contributed by atoms with E-state index in [4.69, 9.17) is 0 Å². The number of hydrogen-bond donors (Lipinski definition) is 1. The Kier molecular flexibility index (Phi) is 5.74. The van der Waals surface area contributed by atoms with Gasteiger partial charge in [0.05, 0.1) is 17.2 Å². The van der Waals surface area contributed by atoms with Gasteiger partial charge in [-0.2, -0.15) is 5.26 Å². The average Bonchev–Trinajstić information content (AvgIpc) is 2.93. The third-order valence-corrected chi connectivity index (χ3v) is 5.11. The van der Waals surface area contributed by atoms with Crippen LogP contribution >= 0.6 is 0 Å². The third kappa shape index (κ3) is 4.40. The molecule has 3 heterocycles. The first kappa shape index (κ1) is 17.9. The number of aromatic nitrogens is 1. The van der Waals surface area contributed by atoms with Gasteiger partial charge in [-0.15, -0.1) is 0 Å². The van der Waals surface area contributed by atoms with Gasteiger partial charge in [0.25, 0.3) is 0 Å². The molecule has 1 aliphatic rings. The molecule has 1 fully saturated rings. The second kappa shape index (κ2) is 8.01. The van der Waals surface area contributed by atoms with Crippen LogP contribution in [0.5, 0.6) is 0 Å². The van der Waals surface area contributed by atoms with E-state index < -0.39 is 0 Å². The van der Waals surface area contributed by atoms with E-state index in [1.807, 2.05) is 35.7 Å². The number of fused-ring (bicyclic) bond motifs is 1. The molecule has 134 valence electrons. The molecule has 0 bridgehead atoms. The summed E-state index contributed by atoms with van der Waals surface area (Å²) in [6.07, 6.45) is 6.19. The van der Waals surface area contributed by atoms with Gasteiger partial charge in [0, 0.05) is 37.6 Å². The van der Waals surface area contributed by atoms with Gasteiger partial charge < -0.3 is 19.3 Å². The van der Waals surface area contributed by atoms with E-state index in [0.29, 0.717) is 5.92 Å². The molecule has 1 N–H and O–H groups in total. The molecule has 0 spiro atoms. The lowest BCUT2D eigenvalue weighted by atomic mass is 9.96. The lowest BCUT2D eigenvalue weighted by Crippen LogP contribution is -2.40. The van der Waals surface area contributed by atoms with Crippen LogP contribution < -0.4 is 0 Å². The molecule has 3 rings (SSSR count). The van der Waals surface area contributed by atoms with E-state index in [0.717, 1.165) is 49.4 Å². The van der Waals surface area contributed by atoms with E-state index in [-0.39, 0.29) is 6.10 Å². The third-order valence-electron chi connectivity index (χ3n) is 5.11. The summed E-state index contributed by atoms with van der Waals surface area (Å²) in [5, 5.41) is 19.0. The van der Waals surface area contributed by atoms with Crippen molar-refractivity contribution in [2.24, 2.45) is 5.92 Å². The van der Waals surface area contributed by atoms with Crippen LogP contribution in [0.15, 0.2) is 30.6 Å². The normalized spacial score (nSPS) is 17.9. The minimum Gasteiger partial charge on any atom is -0.392 e. The first-order chi connectivity index (χ1) is 12.1. The van der Waals surface area contributed by atoms with Gasteiger partial charge in [-0.3, -0.25) is 0 Å². The van der Waals surface area contributed by atoms with Gasteiger partial charge in [-0.05, 0) is 58.0 Å². The van der Waals surface area contributed by atoms with Gasteiger partial charge in [0.1, 0.15) is 6.07 Å². The van der Waals surface area contributed by atoms with Crippen LogP contribution in [0.25, 0.3) is 5.52 Å². The molecule has 5 heteroatoms. The van der Waals surface area contributed by atoms with Gasteiger partial charge >= 0.3 is 0 Å². The fourth-order valence-electron chi connectivity index (χ4n) is 3.95. The number of rotatable bonds is 6. The first-order valence-corrected chi connectivity index (χ1v) is 9.14. The highest BCUT2D eigenvalue weighted by atomic mass is 16.3. The first-order valence-electron chi connectivity index (χ1n) is 9.14. The highest BCUT2D eigenvalue weighted by Gasteiger charge is 2.21. The molecular weight excluding hydrogens is 312 g/mol. The Hall–Kier alpha value is -1.87. The van der Waals surface area contributed by atoms with Crippen molar-refractivity contribution >= 4 is 5.52 Å². The van der Waals surface area contributed by atoms with Crippen molar-refractivity contribution < 1.29 is 5.11 Å². The van der Waals surface area contributed by atoms with Crippen molar-refractivity contribution in [3.05, 3.63) is 41.7 Å². The van der Waals surface area contributed by atoms with Crippen LogP contribution in [-0.2, 0) is 6.54 Å². The van der Waals surface area contributed by atoms with Crippen LogP contribution in [0.1, 0.15) is 30.9 Å². The van der Waals surface area contributed by atoms with E-state index in [9.17, 15) is 10.4 Å². The van der Waals surface area contributed by atoms with Crippen LogP contribution in [-0.4, -0.2) is 58.6 Å². The van der Waals surface area contributed by atoms with E-state index in [1.165, 1.54) is 12.8 Å². The predicted molar refractivity (Wildman–Crippen MR) is 99.3 cm³/mol. The zero-order valence-electron chi connectivity index (χ0n) is 15.2. The Morgan fingerprint density at radius 2 is 2.12 bits per heavy atom. The Labute approximate surface area is 150 Å². The van der Waals surface area contributed by atoms with Crippen molar-refractivity contribution in [3.8, 4) is 6.07 Å². The molecule has 0 aliphatic carbocycles. The average molecular weight is 340 g/mol. The zero-order valence-corrected chi connectivity index (χ0v) is 15.2. The maximum atomic E-state index is 9.53. The second-order valence-corrected chi connectivity index (χ2v) is 7.42. The highest BCUT2D eigenvalue weighted by Crippen LogP contribution is 2.22. The molecule has 0 radical (unpaired) electrons. The Morgan fingerprint density at radius 1 is 1.36 bits per heavy atom. The van der Waals surface area contributed by atoms with Crippen molar-refractivity contribution in [3.63, 3.8) is 0 Å². The quantitative estimate of drug-likeness (QED) is 0.877. The molecule has 0 unspecified atom stereocenters. The van der Waals surface area contributed by atoms with Crippen molar-refractivity contribution in [1.82, 2.24) is 14.2 Å². The summed E-state index contributed by atoms with van der Waals surface area (Å²) in [5.41, 5.74) is 2.88. The number of aliphatic hydroxyl groups excluding tert-OH is 1. The number of nitriles is 1. The highest BCUT2D eigenvalue weighted by molar-refractivity contribution is 5.65. The molecular formula is C20H28N4O. The summed E-state index contributed by atoms with van der Waals surface area (Å²) >= 11 is 0. The number of likely N-dealkylation sites (tertiary alicyclic amines) is 1. The second-order valence-electron chi connectivity index (χ2n) is 7.42. The Morgan fingerprint density at radius 3 is 2.80 bits per heavy atom. The topological polar surface area (TPSA) is 54.9 Å². The van der Waals surface area contributed by atoms with E-state index in [1.54, 1.807) is 0 Å². The molecule has 1 atom stereocenters. The summed E-state index contributed by atoms with van der Waals surface area (Å²) < 4.78 is 2.04. The minimum absolute atomic E-state index is 0.243. The predicted octanol–water partition coefficient (Wildman–Crippen LogP) is 2.34. The summed E-state index contributed by atoms with van der Waals surface area (Å²) in [7, 11) is 2.14. The van der Waals surface area contributed by atoms with Crippen LogP contribution in [0, 0.1) is 17.2 Å². The molecule has 1 aliphatic heterocycles. The van der Waals surface area contributed by atoms with Crippen molar-refractivity contribution in [2.75, 3.05) is 33.2 Å². The standard InChI is InChI=1S/C20H28N4O/c1-16(25)12-23-9-6-17(7-10-23)13-22(2)14-18-15-24-8-4-3-5-20(24)19(18)11-21/h3-5,8,15-17,25H,6-7,9-10,12-14H2,1-2H3/t16-/m0/s1. The monoisotopic (exact) mass is 340 g/mol. The minimum atomic E-state index is -0.243. The van der Waals surface area contributed by atoms with Crippen LogP contribution in [0.3, 0.4) is 0 Å². The van der Waals surface area contributed by atoms with Gasteiger partial charge in [0.2, 0.25) is 0 Å². The maximum Gasteiger partial charge on any atom is 0.102 e. The van der Waals surface area contributed by atoms with E-state index in [2.05, 4.69) is 29.1 Å². The number of β-amino-alcohol motifs (C(OH)–C–C–N with tert-alkyl or cyclic N) is 1. The fraction of sp³-hybridized carbons (Fsp3) is 0.550. The molecule has 2 aromatic rings. The lowest BCUT2D eigenvalue weighted by Gasteiger charge is -2.34. The number of nitrogens with zero attached hydrogens (tertiary/aromatic N) is 4. The summed E-state index contributed by atoms with van der Waals surface area (Å²) in [6.45, 7) is 6.64.